The van der Waals surface area contributed by atoms with Crippen molar-refractivity contribution in [1.82, 2.24) is 35.1 Å². The molecule has 53 heavy (non-hydrogen) atoms. The second-order valence-corrected chi connectivity index (χ2v) is 12.3. The Labute approximate surface area is 307 Å². The van der Waals surface area contributed by atoms with Gasteiger partial charge in [0.25, 0.3) is 11.8 Å². The number of amides is 3. The molecule has 280 valence electrons. The van der Waals surface area contributed by atoms with E-state index in [0.717, 1.165) is 28.4 Å². The van der Waals surface area contributed by atoms with E-state index in [2.05, 4.69) is 42.4 Å². The average Bonchev–Trinajstić information content (AvgIpc) is 3.61. The first-order valence-corrected chi connectivity index (χ1v) is 16.7. The Kier molecular flexibility index (Phi) is 11.9. The van der Waals surface area contributed by atoms with Crippen LogP contribution in [0.25, 0.3) is 0 Å². The molecule has 0 radical (unpaired) electrons. The van der Waals surface area contributed by atoms with Crippen LogP contribution in [0.3, 0.4) is 0 Å². The summed E-state index contributed by atoms with van der Waals surface area (Å²) in [5.41, 5.74) is 1.54. The number of aliphatic imine (C=N–C) groups is 1. The van der Waals surface area contributed by atoms with Crippen molar-refractivity contribution < 1.29 is 37.4 Å². The highest BCUT2D eigenvalue weighted by Crippen LogP contribution is 2.34. The summed E-state index contributed by atoms with van der Waals surface area (Å²) in [7, 11) is 1.63. The SMILES string of the molecule is C=N/C(=N\N(CC(=O)Nc1ccc(C(F)(F)F)cc1Cl)C(=O)/C(=C(/CC)NC)N1CCN(C(=O)c2ncnc(C)c2O)CC1)c1cnc2c(c1)COC2. The molecule has 0 saturated carbocycles. The number of carbonyl (C=O) groups is 3. The van der Waals surface area contributed by atoms with Gasteiger partial charge >= 0.3 is 6.18 Å². The number of nitrogens with zero attached hydrogens (tertiary/aromatic N) is 8. The Bertz CT molecular complexity index is 1980. The number of anilines is 1. The van der Waals surface area contributed by atoms with Crippen molar-refractivity contribution in [3.05, 3.63) is 87.0 Å². The Morgan fingerprint density at radius 1 is 1.09 bits per heavy atom. The second-order valence-electron chi connectivity index (χ2n) is 11.9. The fraction of sp³-hybridized carbons (Fsp3) is 0.353. The van der Waals surface area contributed by atoms with Gasteiger partial charge in [-0.25, -0.2) is 20.0 Å². The Morgan fingerprint density at radius 2 is 1.81 bits per heavy atom. The van der Waals surface area contributed by atoms with Crippen molar-refractivity contribution in [2.75, 3.05) is 45.1 Å². The maximum absolute atomic E-state index is 14.6. The second kappa shape index (κ2) is 16.4. The van der Waals surface area contributed by atoms with Crippen molar-refractivity contribution in [2.45, 2.75) is 39.7 Å². The molecular weight excluding hydrogens is 721 g/mol. The minimum atomic E-state index is -4.65. The van der Waals surface area contributed by atoms with Crippen molar-refractivity contribution in [3.63, 3.8) is 0 Å². The first-order valence-electron chi connectivity index (χ1n) is 16.3. The standard InChI is InChI=1S/C34H36ClF3N10O5/c1-5-24(39-3)29(46-8-10-47(11-9-46)32(51)28-30(50)19(2)42-18-43-28)33(52)48(45-31(40-4)20-12-21-16-53-17-26(21)41-14-20)15-27(49)44-25-7-6-22(13-23(25)35)34(36,37)38/h6-7,12-14,18,39,50H,4-5,8-11,15-17H2,1-3H3,(H,44,49)/b29-24+,45-31-. The number of hydrogen-bond donors (Lipinski definition) is 3. The lowest BCUT2D eigenvalue weighted by Gasteiger charge is -2.38. The van der Waals surface area contributed by atoms with E-state index in [0.29, 0.717) is 37.0 Å². The molecule has 0 aliphatic carbocycles. The number of nitrogens with one attached hydrogen (secondary N) is 2. The van der Waals surface area contributed by atoms with Gasteiger partial charge in [0, 0.05) is 56.2 Å². The minimum Gasteiger partial charge on any atom is -0.504 e. The molecule has 3 N–H and O–H groups in total. The number of alkyl halides is 3. The smallest absolute Gasteiger partial charge is 0.416 e. The van der Waals surface area contributed by atoms with Gasteiger partial charge in [0.2, 0.25) is 5.91 Å². The predicted molar refractivity (Wildman–Crippen MR) is 188 cm³/mol. The molecule has 1 fully saturated rings. The summed E-state index contributed by atoms with van der Waals surface area (Å²) in [5, 5.41) is 20.9. The molecule has 4 heterocycles. The van der Waals surface area contributed by atoms with Gasteiger partial charge in [0.15, 0.2) is 17.3 Å². The first-order chi connectivity index (χ1) is 25.2. The number of benzene rings is 1. The lowest BCUT2D eigenvalue weighted by molar-refractivity contribution is -0.137. The zero-order valence-electron chi connectivity index (χ0n) is 29.0. The van der Waals surface area contributed by atoms with Crippen LogP contribution in [0.1, 0.15) is 51.9 Å². The molecule has 1 aromatic carbocycles. The van der Waals surface area contributed by atoms with Crippen LogP contribution in [-0.4, -0.2) is 105 Å². The molecule has 15 nitrogen and oxygen atoms in total. The molecule has 2 aliphatic rings. The number of piperazine rings is 1. The summed E-state index contributed by atoms with van der Waals surface area (Å²) in [6.45, 7) is 7.55. The van der Waals surface area contributed by atoms with E-state index in [-0.39, 0.29) is 65.6 Å². The van der Waals surface area contributed by atoms with Crippen LogP contribution in [0.5, 0.6) is 5.75 Å². The van der Waals surface area contributed by atoms with E-state index in [9.17, 15) is 32.7 Å². The number of ether oxygens (including phenoxy) is 1. The third-order valence-electron chi connectivity index (χ3n) is 8.51. The van der Waals surface area contributed by atoms with Gasteiger partial charge in [0.05, 0.1) is 40.9 Å². The van der Waals surface area contributed by atoms with E-state index < -0.39 is 36.0 Å². The van der Waals surface area contributed by atoms with Gasteiger partial charge in [0.1, 0.15) is 18.6 Å². The fourth-order valence-corrected chi connectivity index (χ4v) is 5.91. The van der Waals surface area contributed by atoms with Gasteiger partial charge in [-0.15, -0.1) is 5.10 Å². The number of pyridine rings is 1. The van der Waals surface area contributed by atoms with Crippen LogP contribution >= 0.6 is 11.6 Å². The minimum absolute atomic E-state index is 0.0434. The highest BCUT2D eigenvalue weighted by Gasteiger charge is 2.34. The third-order valence-corrected chi connectivity index (χ3v) is 8.83. The monoisotopic (exact) mass is 756 g/mol. The summed E-state index contributed by atoms with van der Waals surface area (Å²) in [6, 6.07) is 4.20. The highest BCUT2D eigenvalue weighted by atomic mass is 35.5. The molecule has 0 unspecified atom stereocenters. The summed E-state index contributed by atoms with van der Waals surface area (Å²) in [6.07, 6.45) is -1.62. The van der Waals surface area contributed by atoms with Crippen molar-refractivity contribution >= 4 is 47.6 Å². The summed E-state index contributed by atoms with van der Waals surface area (Å²) in [5.74, 6) is -2.43. The fourth-order valence-electron chi connectivity index (χ4n) is 5.69. The summed E-state index contributed by atoms with van der Waals surface area (Å²) < 4.78 is 45.2. The zero-order valence-corrected chi connectivity index (χ0v) is 29.8. The number of hydrazone groups is 1. The molecule has 0 atom stereocenters. The van der Waals surface area contributed by atoms with Crippen LogP contribution in [0.15, 0.2) is 58.3 Å². The number of hydrogen-bond acceptors (Lipinski definition) is 11. The number of halogens is 4. The molecule has 0 spiro atoms. The maximum Gasteiger partial charge on any atom is 0.416 e. The van der Waals surface area contributed by atoms with Gasteiger partial charge in [-0.3, -0.25) is 19.4 Å². The Balaban J connectivity index is 1.46. The van der Waals surface area contributed by atoms with Crippen molar-refractivity contribution in [3.8, 4) is 5.75 Å². The van der Waals surface area contributed by atoms with E-state index in [1.54, 1.807) is 24.9 Å². The number of aromatic hydroxyl groups is 1. The van der Waals surface area contributed by atoms with Gasteiger partial charge < -0.3 is 30.3 Å². The molecule has 3 amide bonds. The highest BCUT2D eigenvalue weighted by molar-refractivity contribution is 6.33. The lowest BCUT2D eigenvalue weighted by Crippen LogP contribution is -2.51. The van der Waals surface area contributed by atoms with Crippen LogP contribution in [0.2, 0.25) is 5.02 Å². The zero-order chi connectivity index (χ0) is 38.4. The number of fused-ring (bicyclic) bond motifs is 1. The van der Waals surface area contributed by atoms with Crippen LogP contribution in [0.4, 0.5) is 18.9 Å². The van der Waals surface area contributed by atoms with Crippen LogP contribution < -0.4 is 10.6 Å². The molecule has 2 aromatic heterocycles. The molecular formula is C34H36ClF3N10O5. The molecule has 5 rings (SSSR count). The topological polar surface area (TPSA) is 178 Å². The van der Waals surface area contributed by atoms with E-state index in [4.69, 9.17) is 16.3 Å². The van der Waals surface area contributed by atoms with E-state index in [1.165, 1.54) is 17.4 Å². The number of rotatable bonds is 10. The molecule has 1 saturated heterocycles. The van der Waals surface area contributed by atoms with E-state index in [1.807, 2.05) is 6.92 Å². The Hall–Kier alpha value is -5.62. The molecule has 19 heteroatoms. The van der Waals surface area contributed by atoms with Gasteiger partial charge in [-0.05, 0) is 44.3 Å². The first kappa shape index (κ1) is 38.6. The normalized spacial score (nSPS) is 15.0. The quantitative estimate of drug-likeness (QED) is 0.120. The molecule has 3 aromatic rings. The largest absolute Gasteiger partial charge is 0.504 e. The van der Waals surface area contributed by atoms with Crippen LogP contribution in [-0.2, 0) is 33.7 Å². The maximum atomic E-state index is 14.6. The summed E-state index contributed by atoms with van der Waals surface area (Å²) >= 11 is 6.10. The van der Waals surface area contributed by atoms with Crippen molar-refractivity contribution in [1.29, 1.82) is 0 Å². The molecule has 2 aliphatic heterocycles. The number of allylic oxidation sites excluding steroid dienone is 1. The number of carbonyl (C=O) groups excluding carboxylic acids is 3. The number of amidine groups is 1. The predicted octanol–water partition coefficient (Wildman–Crippen LogP) is 3.72. The average molecular weight is 757 g/mol. The summed E-state index contributed by atoms with van der Waals surface area (Å²) in [4.78, 5) is 60.9. The Morgan fingerprint density at radius 3 is 2.45 bits per heavy atom. The number of aromatic nitrogens is 3. The van der Waals surface area contributed by atoms with Gasteiger partial charge in [-0.2, -0.15) is 13.2 Å². The molecule has 0 bridgehead atoms. The van der Waals surface area contributed by atoms with Crippen molar-refractivity contribution in [2.24, 2.45) is 10.1 Å². The van der Waals surface area contributed by atoms with E-state index >= 15 is 0 Å². The van der Waals surface area contributed by atoms with Gasteiger partial charge in [-0.1, -0.05) is 18.5 Å². The lowest BCUT2D eigenvalue weighted by atomic mass is 10.1. The van der Waals surface area contributed by atoms with Crippen LogP contribution in [0, 0.1) is 6.92 Å². The third kappa shape index (κ3) is 8.72. The number of aryl methyl sites for hydroxylation is 1.